The summed E-state index contributed by atoms with van der Waals surface area (Å²) in [6.45, 7) is 2.10. The van der Waals surface area contributed by atoms with Gasteiger partial charge in [-0.1, -0.05) is 11.6 Å². The van der Waals surface area contributed by atoms with E-state index in [1.165, 1.54) is 16.2 Å². The maximum absolute atomic E-state index is 12.9. The molecule has 11 heteroatoms. The molecule has 1 N–H and O–H groups in total. The van der Waals surface area contributed by atoms with Gasteiger partial charge in [0.2, 0.25) is 15.9 Å². The van der Waals surface area contributed by atoms with Crippen molar-refractivity contribution in [2.24, 2.45) is 0 Å². The van der Waals surface area contributed by atoms with Gasteiger partial charge >= 0.3 is 6.18 Å². The van der Waals surface area contributed by atoms with Crippen LogP contribution in [0.4, 0.5) is 13.2 Å². The lowest BCUT2D eigenvalue weighted by molar-refractivity contribution is -0.137. The monoisotopic (exact) mass is 454 g/mol. The highest BCUT2D eigenvalue weighted by Gasteiger charge is 2.34. The van der Waals surface area contributed by atoms with Crippen molar-refractivity contribution in [3.8, 4) is 0 Å². The van der Waals surface area contributed by atoms with Crippen LogP contribution in [0, 0.1) is 6.92 Å². The van der Waals surface area contributed by atoms with Crippen LogP contribution < -0.4 is 4.72 Å². The number of alkyl halides is 3. The van der Waals surface area contributed by atoms with Crippen LogP contribution in [0.5, 0.6) is 0 Å². The molecule has 154 valence electrons. The van der Waals surface area contributed by atoms with Gasteiger partial charge in [-0.2, -0.15) is 13.2 Å². The van der Waals surface area contributed by atoms with Crippen molar-refractivity contribution < 1.29 is 26.4 Å². The minimum absolute atomic E-state index is 0.125. The molecule has 1 amide bonds. The van der Waals surface area contributed by atoms with Crippen LogP contribution in [0.25, 0.3) is 0 Å². The first-order valence-electron chi connectivity index (χ1n) is 8.05. The summed E-state index contributed by atoms with van der Waals surface area (Å²) in [6, 6.07) is 4.26. The molecule has 0 spiro atoms. The molecule has 1 aromatic carbocycles. The molecule has 0 atom stereocenters. The fourth-order valence-corrected chi connectivity index (χ4v) is 4.57. The molecule has 0 saturated heterocycles. The van der Waals surface area contributed by atoms with Crippen LogP contribution in [-0.4, -0.2) is 32.8 Å². The van der Waals surface area contributed by atoms with Gasteiger partial charge in [-0.05, 0) is 42.1 Å². The Kier molecular flexibility index (Phi) is 7.13. The lowest BCUT2D eigenvalue weighted by Crippen LogP contribution is -2.32. The summed E-state index contributed by atoms with van der Waals surface area (Å²) in [5, 5.41) is 1.32. The summed E-state index contributed by atoms with van der Waals surface area (Å²) in [5.41, 5.74) is -0.173. The molecular formula is C17H18ClF3N2O3S2. The van der Waals surface area contributed by atoms with Gasteiger partial charge in [-0.3, -0.25) is 4.79 Å². The topological polar surface area (TPSA) is 66.5 Å². The maximum Gasteiger partial charge on any atom is 0.417 e. The van der Waals surface area contributed by atoms with Gasteiger partial charge < -0.3 is 4.90 Å². The SMILES string of the molecule is Cc1ccsc1CN(C)C(=O)CCNS(=O)(=O)c1ccc(Cl)c(C(F)(F)F)c1. The first-order chi connectivity index (χ1) is 12.9. The van der Waals surface area contributed by atoms with Crippen LogP contribution in [-0.2, 0) is 27.5 Å². The Hall–Kier alpha value is -1.62. The highest BCUT2D eigenvalue weighted by molar-refractivity contribution is 7.89. The summed E-state index contributed by atoms with van der Waals surface area (Å²) < 4.78 is 65.3. The van der Waals surface area contributed by atoms with Crippen molar-refractivity contribution in [2.45, 2.75) is 31.0 Å². The number of halogens is 4. The Balaban J connectivity index is 1.98. The van der Waals surface area contributed by atoms with Crippen molar-refractivity contribution in [1.29, 1.82) is 0 Å². The van der Waals surface area contributed by atoms with E-state index in [2.05, 4.69) is 4.72 Å². The van der Waals surface area contributed by atoms with Crippen LogP contribution >= 0.6 is 22.9 Å². The average Bonchev–Trinajstić information content (AvgIpc) is 2.98. The fourth-order valence-electron chi connectivity index (χ4n) is 2.32. The van der Waals surface area contributed by atoms with Crippen LogP contribution in [0.2, 0.25) is 5.02 Å². The third-order valence-corrected chi connectivity index (χ3v) is 6.76. The molecule has 0 unspecified atom stereocenters. The number of carbonyl (C=O) groups excluding carboxylic acids is 1. The van der Waals surface area contributed by atoms with E-state index in [-0.39, 0.29) is 18.9 Å². The number of rotatable bonds is 7. The lowest BCUT2D eigenvalue weighted by atomic mass is 10.2. The van der Waals surface area contributed by atoms with Crippen molar-refractivity contribution in [2.75, 3.05) is 13.6 Å². The number of amides is 1. The van der Waals surface area contributed by atoms with E-state index in [9.17, 15) is 26.4 Å². The van der Waals surface area contributed by atoms with Gasteiger partial charge in [0, 0.05) is 24.9 Å². The molecule has 2 rings (SSSR count). The van der Waals surface area contributed by atoms with Gasteiger partial charge in [-0.25, -0.2) is 13.1 Å². The Labute approximate surface area is 170 Å². The van der Waals surface area contributed by atoms with Gasteiger partial charge in [0.1, 0.15) is 0 Å². The highest BCUT2D eigenvalue weighted by Crippen LogP contribution is 2.35. The number of sulfonamides is 1. The second-order valence-corrected chi connectivity index (χ2v) is 9.24. The normalized spacial score (nSPS) is 12.2. The molecule has 1 aromatic heterocycles. The highest BCUT2D eigenvalue weighted by atomic mass is 35.5. The molecule has 0 fully saturated rings. The van der Waals surface area contributed by atoms with E-state index in [4.69, 9.17) is 11.6 Å². The standard InChI is InChI=1S/C17H18ClF3N2O3S2/c1-11-6-8-27-15(11)10-23(2)16(24)5-7-22-28(25,26)12-3-4-14(18)13(9-12)17(19,20)21/h3-4,6,8-9,22H,5,7,10H2,1-2H3. The fraction of sp³-hybridized carbons (Fsp3) is 0.353. The zero-order valence-electron chi connectivity index (χ0n) is 15.0. The second-order valence-electron chi connectivity index (χ2n) is 6.06. The second kappa shape index (κ2) is 8.81. The number of aryl methyl sites for hydroxylation is 1. The Morgan fingerprint density at radius 3 is 2.54 bits per heavy atom. The summed E-state index contributed by atoms with van der Waals surface area (Å²) in [5.74, 6) is -0.289. The Morgan fingerprint density at radius 1 is 1.29 bits per heavy atom. The third kappa shape index (κ3) is 5.69. The summed E-state index contributed by atoms with van der Waals surface area (Å²) in [7, 11) is -2.61. The van der Waals surface area contributed by atoms with Crippen LogP contribution in [0.3, 0.4) is 0 Å². The largest absolute Gasteiger partial charge is 0.417 e. The summed E-state index contributed by atoms with van der Waals surface area (Å²) >= 11 is 7.01. The number of thiophene rings is 1. The predicted octanol–water partition coefficient (Wildman–Crippen LogP) is 4.06. The van der Waals surface area contributed by atoms with E-state index in [0.717, 1.165) is 22.6 Å². The Bertz CT molecular complexity index is 959. The smallest absolute Gasteiger partial charge is 0.341 e. The first-order valence-corrected chi connectivity index (χ1v) is 10.8. The van der Waals surface area contributed by atoms with Gasteiger partial charge in [0.15, 0.2) is 0 Å². The number of nitrogens with one attached hydrogen (secondary N) is 1. The van der Waals surface area contributed by atoms with Crippen molar-refractivity contribution in [1.82, 2.24) is 9.62 Å². The van der Waals surface area contributed by atoms with E-state index in [0.29, 0.717) is 12.6 Å². The van der Waals surface area contributed by atoms with Crippen LogP contribution in [0.15, 0.2) is 34.5 Å². The third-order valence-electron chi connectivity index (χ3n) is 3.96. The number of nitrogens with zero attached hydrogens (tertiary/aromatic N) is 1. The minimum atomic E-state index is -4.78. The van der Waals surface area contributed by atoms with Gasteiger partial charge in [0.05, 0.1) is 22.0 Å². The maximum atomic E-state index is 12.9. The molecule has 5 nitrogen and oxygen atoms in total. The average molecular weight is 455 g/mol. The quantitative estimate of drug-likeness (QED) is 0.686. The van der Waals surface area contributed by atoms with Gasteiger partial charge in [-0.15, -0.1) is 11.3 Å². The van der Waals surface area contributed by atoms with Crippen LogP contribution in [0.1, 0.15) is 22.4 Å². The van der Waals surface area contributed by atoms with Crippen molar-refractivity contribution >= 4 is 38.9 Å². The molecular weight excluding hydrogens is 437 g/mol. The molecule has 0 aliphatic heterocycles. The number of hydrogen-bond acceptors (Lipinski definition) is 4. The lowest BCUT2D eigenvalue weighted by Gasteiger charge is -2.17. The minimum Gasteiger partial charge on any atom is -0.341 e. The van der Waals surface area contributed by atoms with E-state index >= 15 is 0 Å². The number of benzene rings is 1. The zero-order chi connectivity index (χ0) is 21.1. The van der Waals surface area contributed by atoms with E-state index in [1.54, 1.807) is 7.05 Å². The summed E-state index contributed by atoms with van der Waals surface area (Å²) in [4.78, 5) is 14.1. The molecule has 0 bridgehead atoms. The van der Waals surface area contributed by atoms with Crippen molar-refractivity contribution in [3.63, 3.8) is 0 Å². The molecule has 28 heavy (non-hydrogen) atoms. The molecule has 0 aliphatic rings. The zero-order valence-corrected chi connectivity index (χ0v) is 17.4. The molecule has 1 heterocycles. The first kappa shape index (κ1) is 22.7. The molecule has 0 radical (unpaired) electrons. The van der Waals surface area contributed by atoms with E-state index < -0.39 is 31.7 Å². The molecule has 0 saturated carbocycles. The number of carbonyl (C=O) groups is 1. The summed E-state index contributed by atoms with van der Waals surface area (Å²) in [6.07, 6.45) is -4.90. The van der Waals surface area contributed by atoms with Crippen molar-refractivity contribution in [3.05, 3.63) is 50.7 Å². The van der Waals surface area contributed by atoms with E-state index in [1.807, 2.05) is 18.4 Å². The molecule has 0 aliphatic carbocycles. The predicted molar refractivity (Wildman–Crippen MR) is 102 cm³/mol. The number of hydrogen-bond donors (Lipinski definition) is 1. The van der Waals surface area contributed by atoms with Gasteiger partial charge in [0.25, 0.3) is 0 Å². The Morgan fingerprint density at radius 2 is 1.96 bits per heavy atom. The molecule has 2 aromatic rings.